The van der Waals surface area contributed by atoms with Crippen LogP contribution in [0.25, 0.3) is 11.3 Å². The van der Waals surface area contributed by atoms with E-state index in [2.05, 4.69) is 15.5 Å². The van der Waals surface area contributed by atoms with E-state index < -0.39 is 29.6 Å². The number of nitrogens with zero attached hydrogens (tertiary/aromatic N) is 2. The monoisotopic (exact) mass is 462 g/mol. The molecule has 3 aromatic rings. The Hall–Kier alpha value is -3.89. The number of hydrogen-bond acceptors (Lipinski definition) is 4. The van der Waals surface area contributed by atoms with E-state index >= 15 is 0 Å². The van der Waals surface area contributed by atoms with Gasteiger partial charge in [0.15, 0.2) is 0 Å². The Morgan fingerprint density at radius 3 is 2.55 bits per heavy atom. The topological polar surface area (TPSA) is 87.3 Å². The number of carbonyl (C=O) groups is 2. The molecule has 0 atom stereocenters. The first kappa shape index (κ1) is 22.3. The van der Waals surface area contributed by atoms with E-state index in [1.54, 1.807) is 6.07 Å². The zero-order chi connectivity index (χ0) is 23.6. The summed E-state index contributed by atoms with van der Waals surface area (Å²) in [4.78, 5) is 25.9. The second-order valence-electron chi connectivity index (χ2n) is 7.43. The maximum Gasteiger partial charge on any atom is 0.416 e. The zero-order valence-corrected chi connectivity index (χ0v) is 17.0. The molecular weight excluding hydrogens is 444 g/mol. The highest BCUT2D eigenvalue weighted by molar-refractivity contribution is 5.95. The largest absolute Gasteiger partial charge is 0.487 e. The van der Waals surface area contributed by atoms with Crippen molar-refractivity contribution in [1.29, 1.82) is 0 Å². The van der Waals surface area contributed by atoms with Crippen LogP contribution in [-0.2, 0) is 11.0 Å². The van der Waals surface area contributed by atoms with E-state index in [-0.39, 0.29) is 37.0 Å². The van der Waals surface area contributed by atoms with Crippen molar-refractivity contribution in [3.8, 4) is 17.0 Å². The number of aromatic nitrogens is 2. The maximum atomic E-state index is 13.5. The van der Waals surface area contributed by atoms with Gasteiger partial charge in [-0.3, -0.25) is 14.7 Å². The van der Waals surface area contributed by atoms with Crippen molar-refractivity contribution in [2.24, 2.45) is 0 Å². The summed E-state index contributed by atoms with van der Waals surface area (Å²) in [5.41, 5.74) is 0.455. The summed E-state index contributed by atoms with van der Waals surface area (Å²) in [5.74, 6) is -2.22. The van der Waals surface area contributed by atoms with E-state index in [1.165, 1.54) is 4.90 Å². The van der Waals surface area contributed by atoms with Crippen LogP contribution in [0, 0.1) is 5.82 Å². The van der Waals surface area contributed by atoms with Crippen LogP contribution in [-0.4, -0.2) is 52.6 Å². The first-order valence-corrected chi connectivity index (χ1v) is 9.90. The predicted molar refractivity (Wildman–Crippen MR) is 109 cm³/mol. The van der Waals surface area contributed by atoms with Crippen molar-refractivity contribution >= 4 is 11.8 Å². The molecule has 1 aromatic heterocycles. The first-order chi connectivity index (χ1) is 15.7. The van der Waals surface area contributed by atoms with Crippen LogP contribution in [0.5, 0.6) is 5.75 Å². The Balaban J connectivity index is 1.25. The smallest absolute Gasteiger partial charge is 0.416 e. The Morgan fingerprint density at radius 1 is 1.12 bits per heavy atom. The summed E-state index contributed by atoms with van der Waals surface area (Å²) >= 11 is 0. The number of alkyl halides is 3. The molecule has 2 amide bonds. The van der Waals surface area contributed by atoms with E-state index in [9.17, 15) is 27.2 Å². The Bertz CT molecular complexity index is 1160. The SMILES string of the molecule is O=C(NCC(=O)N1CC(Oc2cc(F)cc(C(F)(F)F)c2)C1)c1cc(-c2ccccc2)n[nH]1. The molecule has 0 unspecified atom stereocenters. The Labute approximate surface area is 185 Å². The zero-order valence-electron chi connectivity index (χ0n) is 17.0. The van der Waals surface area contributed by atoms with E-state index in [0.717, 1.165) is 11.6 Å². The highest BCUT2D eigenvalue weighted by Gasteiger charge is 2.34. The van der Waals surface area contributed by atoms with Gasteiger partial charge in [0.2, 0.25) is 5.91 Å². The fraction of sp³-hybridized carbons (Fsp3) is 0.227. The standard InChI is InChI=1S/C22H18F4N4O3/c23-15-6-14(22(24,25)26)7-16(8-15)33-17-11-30(12-17)20(31)10-27-21(32)19-9-18(28-29-19)13-4-2-1-3-5-13/h1-9,17H,10-12H2,(H,27,32)(H,28,29). The lowest BCUT2D eigenvalue weighted by Crippen LogP contribution is -2.58. The van der Waals surface area contributed by atoms with E-state index in [1.807, 2.05) is 30.3 Å². The van der Waals surface area contributed by atoms with Gasteiger partial charge >= 0.3 is 6.18 Å². The second kappa shape index (κ2) is 8.93. The summed E-state index contributed by atoms with van der Waals surface area (Å²) in [6.45, 7) is -0.0625. The molecule has 1 saturated heterocycles. The molecule has 11 heteroatoms. The number of nitrogens with one attached hydrogen (secondary N) is 2. The van der Waals surface area contributed by atoms with Crippen molar-refractivity contribution in [2.75, 3.05) is 19.6 Å². The molecule has 1 aliphatic rings. The number of halogens is 4. The van der Waals surface area contributed by atoms with Gasteiger partial charge in [-0.1, -0.05) is 30.3 Å². The summed E-state index contributed by atoms with van der Waals surface area (Å²) in [5, 5.41) is 9.19. The summed E-state index contributed by atoms with van der Waals surface area (Å²) in [6.07, 6.45) is -5.27. The van der Waals surface area contributed by atoms with Gasteiger partial charge in [0.1, 0.15) is 23.4 Å². The lowest BCUT2D eigenvalue weighted by atomic mass is 10.1. The summed E-state index contributed by atoms with van der Waals surface area (Å²) < 4.78 is 57.2. The van der Waals surface area contributed by atoms with Gasteiger partial charge in [0.25, 0.3) is 5.91 Å². The molecule has 1 aliphatic heterocycles. The van der Waals surface area contributed by atoms with Gasteiger partial charge in [0.05, 0.1) is 30.9 Å². The lowest BCUT2D eigenvalue weighted by molar-refractivity contribution is -0.139. The van der Waals surface area contributed by atoms with Crippen molar-refractivity contribution < 1.29 is 31.9 Å². The molecule has 7 nitrogen and oxygen atoms in total. The van der Waals surface area contributed by atoms with Crippen molar-refractivity contribution in [3.63, 3.8) is 0 Å². The fourth-order valence-electron chi connectivity index (χ4n) is 3.26. The number of rotatable bonds is 6. The molecule has 1 fully saturated rings. The average Bonchev–Trinajstić information content (AvgIpc) is 3.24. The molecule has 0 aliphatic carbocycles. The second-order valence-corrected chi connectivity index (χ2v) is 7.43. The highest BCUT2D eigenvalue weighted by atomic mass is 19.4. The van der Waals surface area contributed by atoms with Crippen molar-refractivity contribution in [2.45, 2.75) is 12.3 Å². The van der Waals surface area contributed by atoms with Gasteiger partial charge in [-0.15, -0.1) is 0 Å². The van der Waals surface area contributed by atoms with Gasteiger partial charge in [-0.25, -0.2) is 4.39 Å². The molecule has 4 rings (SSSR count). The molecule has 0 saturated carbocycles. The van der Waals surface area contributed by atoms with Crippen LogP contribution in [0.2, 0.25) is 0 Å². The predicted octanol–water partition coefficient (Wildman–Crippen LogP) is 3.25. The van der Waals surface area contributed by atoms with E-state index in [0.29, 0.717) is 17.8 Å². The highest BCUT2D eigenvalue weighted by Crippen LogP contribution is 2.33. The Morgan fingerprint density at radius 2 is 1.85 bits per heavy atom. The average molecular weight is 462 g/mol. The van der Waals surface area contributed by atoms with E-state index in [4.69, 9.17) is 4.74 Å². The summed E-state index contributed by atoms with van der Waals surface area (Å²) in [7, 11) is 0. The number of ether oxygens (including phenoxy) is 1. The minimum Gasteiger partial charge on any atom is -0.487 e. The molecule has 2 N–H and O–H groups in total. The number of hydrogen-bond donors (Lipinski definition) is 2. The van der Waals surface area contributed by atoms with Crippen LogP contribution in [0.4, 0.5) is 17.6 Å². The normalized spacial score (nSPS) is 14.0. The van der Waals surface area contributed by atoms with Crippen LogP contribution in [0.1, 0.15) is 16.1 Å². The first-order valence-electron chi connectivity index (χ1n) is 9.90. The van der Waals surface area contributed by atoms with Gasteiger partial charge < -0.3 is 15.0 Å². The van der Waals surface area contributed by atoms with Crippen LogP contribution in [0.3, 0.4) is 0 Å². The van der Waals surface area contributed by atoms with Gasteiger partial charge in [-0.05, 0) is 18.2 Å². The third-order valence-corrected chi connectivity index (χ3v) is 4.99. The molecule has 172 valence electrons. The molecule has 0 bridgehead atoms. The van der Waals surface area contributed by atoms with Crippen LogP contribution in [0.15, 0.2) is 54.6 Å². The third-order valence-electron chi connectivity index (χ3n) is 4.99. The minimum atomic E-state index is -4.70. The lowest BCUT2D eigenvalue weighted by Gasteiger charge is -2.39. The van der Waals surface area contributed by atoms with Crippen molar-refractivity contribution in [3.05, 3.63) is 71.7 Å². The van der Waals surface area contributed by atoms with Crippen LogP contribution < -0.4 is 10.1 Å². The van der Waals surface area contributed by atoms with Gasteiger partial charge in [-0.2, -0.15) is 18.3 Å². The number of aromatic amines is 1. The molecule has 0 spiro atoms. The van der Waals surface area contributed by atoms with Gasteiger partial charge in [0, 0.05) is 11.6 Å². The molecule has 2 heterocycles. The quantitative estimate of drug-likeness (QED) is 0.551. The molecular formula is C22H18F4N4O3. The number of likely N-dealkylation sites (tertiary alicyclic amines) is 1. The minimum absolute atomic E-state index is 0.106. The summed E-state index contributed by atoms with van der Waals surface area (Å²) in [6, 6.07) is 12.8. The molecule has 33 heavy (non-hydrogen) atoms. The molecule has 0 radical (unpaired) electrons. The number of H-pyrrole nitrogens is 1. The third kappa shape index (κ3) is 5.30. The number of carbonyl (C=O) groups excluding carboxylic acids is 2. The maximum absolute atomic E-state index is 13.5. The number of benzene rings is 2. The fourth-order valence-corrected chi connectivity index (χ4v) is 3.26. The van der Waals surface area contributed by atoms with Crippen molar-refractivity contribution in [1.82, 2.24) is 20.4 Å². The Kier molecular flexibility index (Phi) is 6.03. The van der Waals surface area contributed by atoms with Crippen LogP contribution >= 0.6 is 0 Å². The molecule has 2 aromatic carbocycles. The number of amides is 2.